The number of hydrogen-bond donors (Lipinski definition) is 2. The second-order valence-corrected chi connectivity index (χ2v) is 3.67. The zero-order valence-corrected chi connectivity index (χ0v) is 10.3. The van der Waals surface area contributed by atoms with E-state index in [-0.39, 0.29) is 22.6 Å². The fourth-order valence-electron chi connectivity index (χ4n) is 1.48. The smallest absolute Gasteiger partial charge is 0.337 e. The molecule has 1 atom stereocenters. The van der Waals surface area contributed by atoms with Crippen molar-refractivity contribution in [3.8, 4) is 11.5 Å². The third-order valence-corrected chi connectivity index (χ3v) is 2.58. The van der Waals surface area contributed by atoms with E-state index in [0.717, 1.165) is 0 Å². The lowest BCUT2D eigenvalue weighted by atomic mass is 9.97. The van der Waals surface area contributed by atoms with Crippen LogP contribution in [0, 0.1) is 0 Å². The van der Waals surface area contributed by atoms with Crippen LogP contribution in [0.4, 0.5) is 0 Å². The van der Waals surface area contributed by atoms with Gasteiger partial charge < -0.3 is 19.7 Å². The highest BCUT2D eigenvalue weighted by Gasteiger charge is 2.23. The van der Waals surface area contributed by atoms with E-state index in [4.69, 9.17) is 9.84 Å². The Kier molecular flexibility index (Phi) is 4.14. The average molecular weight is 254 g/mol. The van der Waals surface area contributed by atoms with Crippen molar-refractivity contribution in [3.63, 3.8) is 0 Å². The van der Waals surface area contributed by atoms with Crippen molar-refractivity contribution < 1.29 is 29.3 Å². The largest absolute Gasteiger partial charge is 0.504 e. The molecule has 1 aromatic carbocycles. The standard InChI is InChI=1S/C12H14O6/c1-6(11(14)15)8-4-7(12(16)18-3)5-9(17-2)10(8)13/h4-6,13H,1-3H3,(H,14,15). The summed E-state index contributed by atoms with van der Waals surface area (Å²) in [5.41, 5.74) is 0.220. The topological polar surface area (TPSA) is 93.1 Å². The molecule has 98 valence electrons. The second kappa shape index (κ2) is 5.39. The number of ether oxygens (including phenoxy) is 2. The molecule has 0 heterocycles. The number of carboxylic acids is 1. The van der Waals surface area contributed by atoms with Crippen molar-refractivity contribution in [2.45, 2.75) is 12.8 Å². The van der Waals surface area contributed by atoms with Crippen LogP contribution >= 0.6 is 0 Å². The minimum Gasteiger partial charge on any atom is -0.504 e. The molecule has 0 fully saturated rings. The van der Waals surface area contributed by atoms with Gasteiger partial charge in [-0.2, -0.15) is 0 Å². The predicted molar refractivity (Wildman–Crippen MR) is 62.0 cm³/mol. The van der Waals surface area contributed by atoms with Gasteiger partial charge >= 0.3 is 11.9 Å². The Bertz CT molecular complexity index is 480. The average Bonchev–Trinajstić information content (AvgIpc) is 2.37. The molecule has 1 unspecified atom stereocenters. The number of benzene rings is 1. The fourth-order valence-corrected chi connectivity index (χ4v) is 1.48. The summed E-state index contributed by atoms with van der Waals surface area (Å²) < 4.78 is 9.45. The van der Waals surface area contributed by atoms with Gasteiger partial charge in [0.05, 0.1) is 25.7 Å². The lowest BCUT2D eigenvalue weighted by molar-refractivity contribution is -0.138. The number of phenolic OH excluding ortho intramolecular Hbond substituents is 1. The van der Waals surface area contributed by atoms with E-state index in [1.165, 1.54) is 33.3 Å². The summed E-state index contributed by atoms with van der Waals surface area (Å²) >= 11 is 0. The van der Waals surface area contributed by atoms with Crippen molar-refractivity contribution >= 4 is 11.9 Å². The van der Waals surface area contributed by atoms with Gasteiger partial charge in [-0.3, -0.25) is 4.79 Å². The van der Waals surface area contributed by atoms with E-state index < -0.39 is 17.9 Å². The fraction of sp³-hybridized carbons (Fsp3) is 0.333. The maximum atomic E-state index is 11.4. The van der Waals surface area contributed by atoms with Crippen LogP contribution in [0.5, 0.6) is 11.5 Å². The predicted octanol–water partition coefficient (Wildman–Crippen LogP) is 1.38. The lowest BCUT2D eigenvalue weighted by Crippen LogP contribution is -2.10. The zero-order chi connectivity index (χ0) is 13.9. The van der Waals surface area contributed by atoms with Gasteiger partial charge in [-0.05, 0) is 19.1 Å². The van der Waals surface area contributed by atoms with Crippen LogP contribution < -0.4 is 4.74 Å². The highest BCUT2D eigenvalue weighted by molar-refractivity contribution is 5.91. The molecule has 6 heteroatoms. The molecule has 1 aromatic rings. The zero-order valence-electron chi connectivity index (χ0n) is 10.3. The second-order valence-electron chi connectivity index (χ2n) is 3.67. The number of aromatic hydroxyl groups is 1. The molecule has 0 radical (unpaired) electrons. The number of rotatable bonds is 4. The molecule has 0 aliphatic carbocycles. The van der Waals surface area contributed by atoms with Crippen molar-refractivity contribution in [3.05, 3.63) is 23.3 Å². The molecular weight excluding hydrogens is 240 g/mol. The summed E-state index contributed by atoms with van der Waals surface area (Å²) in [5, 5.41) is 18.8. The highest BCUT2D eigenvalue weighted by Crippen LogP contribution is 2.36. The molecule has 0 aliphatic heterocycles. The molecule has 0 aromatic heterocycles. The van der Waals surface area contributed by atoms with Gasteiger partial charge in [0, 0.05) is 5.56 Å². The number of esters is 1. The van der Waals surface area contributed by atoms with E-state index in [1.807, 2.05) is 0 Å². The number of carbonyl (C=O) groups is 2. The Morgan fingerprint density at radius 2 is 1.89 bits per heavy atom. The third-order valence-electron chi connectivity index (χ3n) is 2.58. The molecule has 1 rings (SSSR count). The Balaban J connectivity index is 3.40. The van der Waals surface area contributed by atoms with Crippen LogP contribution in [0.25, 0.3) is 0 Å². The van der Waals surface area contributed by atoms with E-state index in [0.29, 0.717) is 0 Å². The maximum Gasteiger partial charge on any atom is 0.337 e. The van der Waals surface area contributed by atoms with Gasteiger partial charge in [-0.15, -0.1) is 0 Å². The third kappa shape index (κ3) is 2.53. The van der Waals surface area contributed by atoms with Crippen LogP contribution in [0.3, 0.4) is 0 Å². The van der Waals surface area contributed by atoms with Crippen molar-refractivity contribution in [2.24, 2.45) is 0 Å². The van der Waals surface area contributed by atoms with Gasteiger partial charge in [0.15, 0.2) is 11.5 Å². The minimum absolute atomic E-state index is 0.0287. The van der Waals surface area contributed by atoms with E-state index in [1.54, 1.807) is 0 Å². The van der Waals surface area contributed by atoms with Crippen LogP contribution in [0.2, 0.25) is 0 Å². The van der Waals surface area contributed by atoms with Gasteiger partial charge in [0.2, 0.25) is 0 Å². The van der Waals surface area contributed by atoms with Gasteiger partial charge in [-0.25, -0.2) is 4.79 Å². The van der Waals surface area contributed by atoms with Crippen molar-refractivity contribution in [1.29, 1.82) is 0 Å². The van der Waals surface area contributed by atoms with Crippen LogP contribution in [-0.4, -0.2) is 36.4 Å². The van der Waals surface area contributed by atoms with Crippen LogP contribution in [-0.2, 0) is 9.53 Å². The minimum atomic E-state index is -1.12. The molecule has 18 heavy (non-hydrogen) atoms. The highest BCUT2D eigenvalue weighted by atomic mass is 16.5. The summed E-state index contributed by atoms with van der Waals surface area (Å²) in [6, 6.07) is 2.57. The Labute approximate surface area is 104 Å². The summed E-state index contributed by atoms with van der Waals surface area (Å²) in [7, 11) is 2.52. The summed E-state index contributed by atoms with van der Waals surface area (Å²) in [6.45, 7) is 1.40. The monoisotopic (exact) mass is 254 g/mol. The Morgan fingerprint density at radius 1 is 1.28 bits per heavy atom. The first-order valence-corrected chi connectivity index (χ1v) is 5.14. The Hall–Kier alpha value is -2.24. The first kappa shape index (κ1) is 13.8. The molecule has 0 saturated heterocycles. The van der Waals surface area contributed by atoms with Crippen LogP contribution in [0.15, 0.2) is 12.1 Å². The van der Waals surface area contributed by atoms with Gasteiger partial charge in [0.1, 0.15) is 0 Å². The van der Waals surface area contributed by atoms with Crippen molar-refractivity contribution in [1.82, 2.24) is 0 Å². The lowest BCUT2D eigenvalue weighted by Gasteiger charge is -2.14. The summed E-state index contributed by atoms with van der Waals surface area (Å²) in [4.78, 5) is 22.4. The van der Waals surface area contributed by atoms with Crippen molar-refractivity contribution in [2.75, 3.05) is 14.2 Å². The normalized spacial score (nSPS) is 11.7. The first-order valence-electron chi connectivity index (χ1n) is 5.14. The molecular formula is C12H14O6. The summed E-state index contributed by atoms with van der Waals surface area (Å²) in [6.07, 6.45) is 0. The number of carboxylic acid groups (broad SMARTS) is 1. The molecule has 0 amide bonds. The van der Waals surface area contributed by atoms with Gasteiger partial charge in [0.25, 0.3) is 0 Å². The van der Waals surface area contributed by atoms with Crippen LogP contribution in [0.1, 0.15) is 28.8 Å². The number of aliphatic carboxylic acids is 1. The SMILES string of the molecule is COC(=O)c1cc(OC)c(O)c(C(C)C(=O)O)c1. The Morgan fingerprint density at radius 3 is 2.33 bits per heavy atom. The molecule has 0 bridgehead atoms. The van der Waals surface area contributed by atoms with E-state index in [9.17, 15) is 14.7 Å². The van der Waals surface area contributed by atoms with E-state index in [2.05, 4.69) is 4.74 Å². The number of methoxy groups -OCH3 is 2. The van der Waals surface area contributed by atoms with E-state index >= 15 is 0 Å². The molecule has 0 aliphatic rings. The molecule has 0 spiro atoms. The maximum absolute atomic E-state index is 11.4. The molecule has 0 saturated carbocycles. The van der Waals surface area contributed by atoms with Gasteiger partial charge in [-0.1, -0.05) is 0 Å². The number of phenols is 1. The number of carbonyl (C=O) groups excluding carboxylic acids is 1. The first-order chi connectivity index (χ1) is 8.42. The summed E-state index contributed by atoms with van der Waals surface area (Å²) in [5.74, 6) is -2.98. The quantitative estimate of drug-likeness (QED) is 0.788. The molecule has 2 N–H and O–H groups in total. The molecule has 6 nitrogen and oxygen atoms in total. The number of hydrogen-bond acceptors (Lipinski definition) is 5.